The van der Waals surface area contributed by atoms with E-state index in [1.54, 1.807) is 23.1 Å². The summed E-state index contributed by atoms with van der Waals surface area (Å²) >= 11 is 0. The Balaban J connectivity index is 1.21. The summed E-state index contributed by atoms with van der Waals surface area (Å²) in [7, 11) is 0. The third-order valence-electron chi connectivity index (χ3n) is 6.23. The molecule has 3 aromatic carbocycles. The van der Waals surface area contributed by atoms with Crippen LogP contribution in [0.2, 0.25) is 0 Å². The fraction of sp³-hybridized carbons (Fsp3) is 0.259. The van der Waals surface area contributed by atoms with Crippen molar-refractivity contribution in [3.8, 4) is 22.6 Å². The molecule has 2 heterocycles. The van der Waals surface area contributed by atoms with Gasteiger partial charge in [-0.25, -0.2) is 4.79 Å². The van der Waals surface area contributed by atoms with Crippen molar-refractivity contribution in [1.82, 2.24) is 4.90 Å². The number of Topliss-reactive ketones (excluding diaryl/α,β-unsaturated/α-hetero) is 1. The third-order valence-corrected chi connectivity index (χ3v) is 6.23. The van der Waals surface area contributed by atoms with Crippen LogP contribution in [-0.4, -0.2) is 43.0 Å². The zero-order valence-corrected chi connectivity index (χ0v) is 18.3. The first-order valence-corrected chi connectivity index (χ1v) is 11.3. The number of carbonyl (C=O) groups is 2. The van der Waals surface area contributed by atoms with E-state index in [0.717, 1.165) is 16.8 Å². The zero-order chi connectivity index (χ0) is 22.6. The summed E-state index contributed by atoms with van der Waals surface area (Å²) in [5.74, 6) is 1.30. The molecule has 0 aromatic heterocycles. The molecule has 2 aliphatic rings. The van der Waals surface area contributed by atoms with Gasteiger partial charge in [-0.3, -0.25) is 4.79 Å². The Labute approximate surface area is 193 Å². The van der Waals surface area contributed by atoms with Crippen molar-refractivity contribution in [2.24, 2.45) is 5.92 Å². The molecule has 0 aliphatic carbocycles. The fourth-order valence-corrected chi connectivity index (χ4v) is 4.43. The average molecular weight is 443 g/mol. The highest BCUT2D eigenvalue weighted by Crippen LogP contribution is 2.33. The second-order valence-corrected chi connectivity index (χ2v) is 8.33. The molecule has 33 heavy (non-hydrogen) atoms. The fourth-order valence-electron chi connectivity index (χ4n) is 4.43. The third kappa shape index (κ3) is 4.55. The van der Waals surface area contributed by atoms with Gasteiger partial charge in [-0.05, 0) is 42.7 Å². The van der Waals surface area contributed by atoms with Crippen LogP contribution in [0.5, 0.6) is 11.5 Å². The number of hydrogen-bond donors (Lipinski definition) is 1. The Kier molecular flexibility index (Phi) is 5.98. The van der Waals surface area contributed by atoms with Gasteiger partial charge in [-0.1, -0.05) is 48.5 Å². The molecule has 0 saturated carbocycles. The molecule has 5 rings (SSSR count). The molecule has 0 unspecified atom stereocenters. The van der Waals surface area contributed by atoms with Gasteiger partial charge >= 0.3 is 6.03 Å². The molecule has 3 aromatic rings. The molecule has 6 nitrogen and oxygen atoms in total. The minimum absolute atomic E-state index is 0.0986. The molecule has 168 valence electrons. The van der Waals surface area contributed by atoms with Crippen LogP contribution in [0.4, 0.5) is 10.5 Å². The highest BCUT2D eigenvalue weighted by molar-refractivity contribution is 5.99. The molecular formula is C27H26N2O4. The van der Waals surface area contributed by atoms with Crippen molar-refractivity contribution < 1.29 is 19.1 Å². The number of urea groups is 1. The second-order valence-electron chi connectivity index (χ2n) is 8.33. The summed E-state index contributed by atoms with van der Waals surface area (Å²) in [5.41, 5.74) is 3.45. The quantitative estimate of drug-likeness (QED) is 0.560. The van der Waals surface area contributed by atoms with E-state index in [2.05, 4.69) is 5.32 Å². The van der Waals surface area contributed by atoms with Gasteiger partial charge in [0.2, 0.25) is 0 Å². The largest absolute Gasteiger partial charge is 0.486 e. The van der Waals surface area contributed by atoms with E-state index in [-0.39, 0.29) is 17.7 Å². The number of nitrogens with one attached hydrogen (secondary N) is 1. The lowest BCUT2D eigenvalue weighted by molar-refractivity contribution is 0.0858. The van der Waals surface area contributed by atoms with E-state index in [9.17, 15) is 9.59 Å². The number of hydrogen-bond acceptors (Lipinski definition) is 4. The summed E-state index contributed by atoms with van der Waals surface area (Å²) in [6, 6.07) is 23.0. The number of ether oxygens (including phenoxy) is 2. The Morgan fingerprint density at radius 3 is 2.30 bits per heavy atom. The van der Waals surface area contributed by atoms with Gasteiger partial charge in [0, 0.05) is 30.1 Å². The number of benzene rings is 3. The highest BCUT2D eigenvalue weighted by Gasteiger charge is 2.29. The minimum Gasteiger partial charge on any atom is -0.486 e. The number of ketones is 1. The highest BCUT2D eigenvalue weighted by atomic mass is 16.6. The monoisotopic (exact) mass is 442 g/mol. The molecular weight excluding hydrogens is 416 g/mol. The van der Waals surface area contributed by atoms with Crippen LogP contribution in [0.25, 0.3) is 11.1 Å². The van der Waals surface area contributed by atoms with Crippen LogP contribution in [0.1, 0.15) is 23.2 Å². The zero-order valence-electron chi connectivity index (χ0n) is 18.3. The molecule has 0 radical (unpaired) electrons. The van der Waals surface area contributed by atoms with Gasteiger partial charge in [0.15, 0.2) is 17.3 Å². The predicted octanol–water partition coefficient (Wildman–Crippen LogP) is 5.25. The Morgan fingerprint density at radius 1 is 0.818 bits per heavy atom. The Morgan fingerprint density at radius 2 is 1.52 bits per heavy atom. The SMILES string of the molecule is O=C(c1ccc2c(c1)OCCO2)C1CCN(C(=O)Nc2ccccc2-c2ccccc2)CC1. The predicted molar refractivity (Wildman–Crippen MR) is 127 cm³/mol. The summed E-state index contributed by atoms with van der Waals surface area (Å²) < 4.78 is 11.2. The van der Waals surface area contributed by atoms with Crippen molar-refractivity contribution in [3.63, 3.8) is 0 Å². The topological polar surface area (TPSA) is 67.9 Å². The first-order valence-electron chi connectivity index (χ1n) is 11.3. The van der Waals surface area contributed by atoms with E-state index in [1.165, 1.54) is 0 Å². The van der Waals surface area contributed by atoms with Crippen molar-refractivity contribution in [2.75, 3.05) is 31.6 Å². The molecule has 1 N–H and O–H groups in total. The van der Waals surface area contributed by atoms with Gasteiger partial charge in [0.25, 0.3) is 0 Å². The normalized spacial score (nSPS) is 15.7. The smallest absolute Gasteiger partial charge is 0.321 e. The lowest BCUT2D eigenvalue weighted by atomic mass is 9.89. The van der Waals surface area contributed by atoms with Crippen LogP contribution >= 0.6 is 0 Å². The molecule has 6 heteroatoms. The standard InChI is InChI=1S/C27H26N2O4/c30-26(21-10-11-24-25(18-21)33-17-16-32-24)20-12-14-29(15-13-20)27(31)28-23-9-5-4-8-22(23)19-6-2-1-3-7-19/h1-11,18,20H,12-17H2,(H,28,31). The minimum atomic E-state index is -0.136. The lowest BCUT2D eigenvalue weighted by Crippen LogP contribution is -2.42. The lowest BCUT2D eigenvalue weighted by Gasteiger charge is -2.31. The van der Waals surface area contributed by atoms with Crippen LogP contribution in [0.15, 0.2) is 72.8 Å². The maximum absolute atomic E-state index is 13.0. The molecule has 1 fully saturated rings. The molecule has 2 aliphatic heterocycles. The van der Waals surface area contributed by atoms with Gasteiger partial charge in [-0.15, -0.1) is 0 Å². The number of fused-ring (bicyclic) bond motifs is 1. The number of para-hydroxylation sites is 1. The van der Waals surface area contributed by atoms with Crippen molar-refractivity contribution in [3.05, 3.63) is 78.4 Å². The number of nitrogens with zero attached hydrogens (tertiary/aromatic N) is 1. The number of anilines is 1. The maximum atomic E-state index is 13.0. The number of piperidine rings is 1. The van der Waals surface area contributed by atoms with Gasteiger partial charge < -0.3 is 19.7 Å². The van der Waals surface area contributed by atoms with Gasteiger partial charge in [-0.2, -0.15) is 0 Å². The number of carbonyl (C=O) groups excluding carboxylic acids is 2. The van der Waals surface area contributed by atoms with E-state index in [0.29, 0.717) is 56.2 Å². The van der Waals surface area contributed by atoms with Gasteiger partial charge in [0.05, 0.1) is 5.69 Å². The van der Waals surface area contributed by atoms with E-state index in [1.807, 2.05) is 54.6 Å². The van der Waals surface area contributed by atoms with Crippen LogP contribution in [0.3, 0.4) is 0 Å². The van der Waals surface area contributed by atoms with Crippen LogP contribution in [0, 0.1) is 5.92 Å². The number of amides is 2. The van der Waals surface area contributed by atoms with Crippen LogP contribution in [-0.2, 0) is 0 Å². The van der Waals surface area contributed by atoms with Gasteiger partial charge in [0.1, 0.15) is 13.2 Å². The first kappa shape index (κ1) is 21.1. The summed E-state index contributed by atoms with van der Waals surface area (Å²) in [4.78, 5) is 27.8. The van der Waals surface area contributed by atoms with Crippen molar-refractivity contribution >= 4 is 17.5 Å². The molecule has 1 saturated heterocycles. The van der Waals surface area contributed by atoms with Crippen molar-refractivity contribution in [2.45, 2.75) is 12.8 Å². The summed E-state index contributed by atoms with van der Waals surface area (Å²) in [6.45, 7) is 2.10. The number of likely N-dealkylation sites (tertiary alicyclic amines) is 1. The van der Waals surface area contributed by atoms with Crippen molar-refractivity contribution in [1.29, 1.82) is 0 Å². The van der Waals surface area contributed by atoms with E-state index in [4.69, 9.17) is 9.47 Å². The molecule has 0 bridgehead atoms. The average Bonchev–Trinajstić information content (AvgIpc) is 2.89. The number of rotatable bonds is 4. The Hall–Kier alpha value is -3.80. The second kappa shape index (κ2) is 9.36. The maximum Gasteiger partial charge on any atom is 0.321 e. The van der Waals surface area contributed by atoms with E-state index < -0.39 is 0 Å². The Bertz CT molecular complexity index is 1150. The van der Waals surface area contributed by atoms with Crippen LogP contribution < -0.4 is 14.8 Å². The first-order chi connectivity index (χ1) is 16.2. The summed E-state index contributed by atoms with van der Waals surface area (Å²) in [6.07, 6.45) is 1.28. The molecule has 0 spiro atoms. The molecule has 0 atom stereocenters. The van der Waals surface area contributed by atoms with E-state index >= 15 is 0 Å². The molecule has 2 amide bonds. The summed E-state index contributed by atoms with van der Waals surface area (Å²) in [5, 5.41) is 3.06.